The molecule has 2 aliphatic rings. The number of nitrogens with zero attached hydrogens (tertiary/aromatic N) is 1. The zero-order valence-corrected chi connectivity index (χ0v) is 13.2. The second-order valence-corrected chi connectivity index (χ2v) is 6.99. The van der Waals surface area contributed by atoms with Gasteiger partial charge in [-0.1, -0.05) is 26.2 Å². The maximum atomic E-state index is 12.4. The predicted octanol–water partition coefficient (Wildman–Crippen LogP) is 2.85. The first kappa shape index (κ1) is 16.1. The van der Waals surface area contributed by atoms with Crippen LogP contribution in [-0.4, -0.2) is 41.1 Å². The monoisotopic (exact) mass is 296 g/mol. The molecule has 1 saturated heterocycles. The van der Waals surface area contributed by atoms with Gasteiger partial charge in [0.2, 0.25) is 0 Å². The van der Waals surface area contributed by atoms with Gasteiger partial charge in [-0.25, -0.2) is 4.79 Å². The van der Waals surface area contributed by atoms with Gasteiger partial charge in [-0.2, -0.15) is 0 Å². The molecule has 2 fully saturated rings. The molecule has 2 N–H and O–H groups in total. The summed E-state index contributed by atoms with van der Waals surface area (Å²) in [5.74, 6) is -0.238. The van der Waals surface area contributed by atoms with Crippen molar-refractivity contribution in [2.45, 2.75) is 64.8 Å². The van der Waals surface area contributed by atoms with Crippen LogP contribution < -0.4 is 5.32 Å². The van der Waals surface area contributed by atoms with Gasteiger partial charge in [-0.3, -0.25) is 4.79 Å². The summed E-state index contributed by atoms with van der Waals surface area (Å²) in [4.78, 5) is 25.9. The normalized spacial score (nSPS) is 29.0. The molecule has 2 unspecified atom stereocenters. The van der Waals surface area contributed by atoms with E-state index in [0.717, 1.165) is 38.6 Å². The third kappa shape index (κ3) is 3.69. The number of carboxylic acid groups (broad SMARTS) is 1. The first-order chi connectivity index (χ1) is 9.94. The summed E-state index contributed by atoms with van der Waals surface area (Å²) in [6.07, 6.45) is 6.52. The van der Waals surface area contributed by atoms with Gasteiger partial charge >= 0.3 is 12.0 Å². The van der Waals surface area contributed by atoms with Crippen LogP contribution in [-0.2, 0) is 4.79 Å². The number of amides is 2. The smallest absolute Gasteiger partial charge is 0.317 e. The van der Waals surface area contributed by atoms with E-state index in [2.05, 4.69) is 19.2 Å². The molecule has 0 spiro atoms. The number of rotatable bonds is 3. The molecule has 5 heteroatoms. The number of hydrogen-bond donors (Lipinski definition) is 2. The lowest BCUT2D eigenvalue weighted by molar-refractivity contribution is -0.150. The van der Waals surface area contributed by atoms with Gasteiger partial charge in [0.1, 0.15) is 0 Å². The second kappa shape index (κ2) is 6.67. The minimum atomic E-state index is -0.762. The molecule has 1 aliphatic carbocycles. The van der Waals surface area contributed by atoms with Crippen LogP contribution in [0.5, 0.6) is 0 Å². The fourth-order valence-electron chi connectivity index (χ4n) is 3.61. The minimum Gasteiger partial charge on any atom is -0.481 e. The number of piperidine rings is 1. The molecule has 120 valence electrons. The summed E-state index contributed by atoms with van der Waals surface area (Å²) in [5.41, 5.74) is -0.751. The van der Waals surface area contributed by atoms with Crippen LogP contribution in [0.25, 0.3) is 0 Å². The molecule has 0 aromatic heterocycles. The first-order valence-electron chi connectivity index (χ1n) is 8.22. The van der Waals surface area contributed by atoms with E-state index >= 15 is 0 Å². The number of carbonyl (C=O) groups excluding carboxylic acids is 1. The summed E-state index contributed by atoms with van der Waals surface area (Å²) < 4.78 is 0. The van der Waals surface area contributed by atoms with Crippen LogP contribution in [0.15, 0.2) is 0 Å². The van der Waals surface area contributed by atoms with Crippen molar-refractivity contribution in [3.05, 3.63) is 0 Å². The van der Waals surface area contributed by atoms with Crippen molar-refractivity contribution in [2.75, 3.05) is 13.1 Å². The highest BCUT2D eigenvalue weighted by atomic mass is 16.4. The lowest BCUT2D eigenvalue weighted by atomic mass is 9.74. The highest BCUT2D eigenvalue weighted by Gasteiger charge is 2.40. The Morgan fingerprint density at radius 2 is 1.86 bits per heavy atom. The predicted molar refractivity (Wildman–Crippen MR) is 81.1 cm³/mol. The molecule has 0 aromatic carbocycles. The zero-order valence-electron chi connectivity index (χ0n) is 13.2. The van der Waals surface area contributed by atoms with Crippen molar-refractivity contribution in [1.82, 2.24) is 10.2 Å². The van der Waals surface area contributed by atoms with Crippen LogP contribution in [0, 0.1) is 11.3 Å². The fraction of sp³-hybridized carbons (Fsp3) is 0.875. The number of aliphatic carboxylic acids is 1. The Bertz CT molecular complexity index is 391. The van der Waals surface area contributed by atoms with E-state index in [1.165, 1.54) is 0 Å². The van der Waals surface area contributed by atoms with Gasteiger partial charge in [0.25, 0.3) is 0 Å². The molecule has 1 aliphatic heterocycles. The van der Waals surface area contributed by atoms with Crippen LogP contribution in [0.4, 0.5) is 4.79 Å². The molecule has 2 rings (SSSR count). The molecule has 2 amide bonds. The van der Waals surface area contributed by atoms with Gasteiger partial charge in [0, 0.05) is 19.1 Å². The third-order valence-electron chi connectivity index (χ3n) is 5.22. The van der Waals surface area contributed by atoms with E-state index in [1.54, 1.807) is 0 Å². The van der Waals surface area contributed by atoms with Gasteiger partial charge in [0.05, 0.1) is 5.41 Å². The topological polar surface area (TPSA) is 69.6 Å². The molecule has 0 bridgehead atoms. The molecular weight excluding hydrogens is 268 g/mol. The maximum Gasteiger partial charge on any atom is 0.317 e. The number of hydrogen-bond acceptors (Lipinski definition) is 2. The number of likely N-dealkylation sites (tertiary alicyclic amines) is 1. The SMILES string of the molecule is CC1CCC(C)N(C(=O)NCC2(C(=O)O)CCCCC2)C1. The quantitative estimate of drug-likeness (QED) is 0.841. The Kier molecular flexibility index (Phi) is 5.12. The summed E-state index contributed by atoms with van der Waals surface area (Å²) >= 11 is 0. The average molecular weight is 296 g/mol. The van der Waals surface area contributed by atoms with Gasteiger partial charge < -0.3 is 15.3 Å². The number of urea groups is 1. The van der Waals surface area contributed by atoms with Crippen molar-refractivity contribution in [3.8, 4) is 0 Å². The van der Waals surface area contributed by atoms with E-state index in [4.69, 9.17) is 0 Å². The lowest BCUT2D eigenvalue weighted by Gasteiger charge is -2.38. The summed E-state index contributed by atoms with van der Waals surface area (Å²) in [6, 6.07) is 0.147. The standard InChI is InChI=1S/C16H28N2O3/c1-12-6-7-13(2)18(10-12)15(21)17-11-16(14(19)20)8-4-3-5-9-16/h12-13H,3-11H2,1-2H3,(H,17,21)(H,19,20). The average Bonchev–Trinajstić information content (AvgIpc) is 2.48. The van der Waals surface area contributed by atoms with Crippen molar-refractivity contribution in [1.29, 1.82) is 0 Å². The molecule has 1 heterocycles. The second-order valence-electron chi connectivity index (χ2n) is 6.99. The van der Waals surface area contributed by atoms with Crippen LogP contribution in [0.2, 0.25) is 0 Å². The van der Waals surface area contributed by atoms with Crippen LogP contribution in [0.3, 0.4) is 0 Å². The molecule has 1 saturated carbocycles. The number of nitrogens with one attached hydrogen (secondary N) is 1. The minimum absolute atomic E-state index is 0.0970. The Morgan fingerprint density at radius 1 is 1.19 bits per heavy atom. The largest absolute Gasteiger partial charge is 0.481 e. The van der Waals surface area contributed by atoms with E-state index in [1.807, 2.05) is 4.90 Å². The van der Waals surface area contributed by atoms with Crippen molar-refractivity contribution in [3.63, 3.8) is 0 Å². The Morgan fingerprint density at radius 3 is 2.48 bits per heavy atom. The first-order valence-corrected chi connectivity index (χ1v) is 8.22. The summed E-state index contributed by atoms with van der Waals surface area (Å²) in [7, 11) is 0. The Labute approximate surface area is 127 Å². The molecule has 21 heavy (non-hydrogen) atoms. The van der Waals surface area contributed by atoms with Crippen molar-refractivity contribution >= 4 is 12.0 Å². The summed E-state index contributed by atoms with van der Waals surface area (Å²) in [6.45, 7) is 5.26. The number of carboxylic acids is 1. The fourth-order valence-corrected chi connectivity index (χ4v) is 3.61. The molecule has 0 radical (unpaired) electrons. The van der Waals surface area contributed by atoms with Gasteiger partial charge in [-0.15, -0.1) is 0 Å². The number of carbonyl (C=O) groups is 2. The molecular formula is C16H28N2O3. The highest BCUT2D eigenvalue weighted by molar-refractivity contribution is 5.78. The van der Waals surface area contributed by atoms with Crippen LogP contribution in [0.1, 0.15) is 58.8 Å². The Balaban J connectivity index is 1.94. The van der Waals surface area contributed by atoms with E-state index < -0.39 is 11.4 Å². The molecule has 5 nitrogen and oxygen atoms in total. The lowest BCUT2D eigenvalue weighted by Crippen LogP contribution is -2.53. The molecule has 2 atom stereocenters. The Hall–Kier alpha value is -1.26. The van der Waals surface area contributed by atoms with E-state index in [9.17, 15) is 14.7 Å². The maximum absolute atomic E-state index is 12.4. The summed E-state index contributed by atoms with van der Waals surface area (Å²) in [5, 5.41) is 12.4. The zero-order chi connectivity index (χ0) is 15.5. The van der Waals surface area contributed by atoms with E-state index in [-0.39, 0.29) is 18.6 Å². The van der Waals surface area contributed by atoms with Crippen LogP contribution >= 0.6 is 0 Å². The third-order valence-corrected chi connectivity index (χ3v) is 5.22. The molecule has 0 aromatic rings. The van der Waals surface area contributed by atoms with Gasteiger partial charge in [-0.05, 0) is 38.5 Å². The van der Waals surface area contributed by atoms with Gasteiger partial charge in [0.15, 0.2) is 0 Å². The van der Waals surface area contributed by atoms with E-state index in [0.29, 0.717) is 18.8 Å². The highest BCUT2D eigenvalue weighted by Crippen LogP contribution is 2.36. The van der Waals surface area contributed by atoms with Crippen molar-refractivity contribution in [2.24, 2.45) is 11.3 Å². The van der Waals surface area contributed by atoms with Crippen molar-refractivity contribution < 1.29 is 14.7 Å².